The Morgan fingerprint density at radius 3 is 0.364 bits per heavy atom. The van der Waals surface area contributed by atoms with Gasteiger partial charge < -0.3 is 0 Å². The van der Waals surface area contributed by atoms with Gasteiger partial charge in [-0.05, 0) is 50.9 Å². The van der Waals surface area contributed by atoms with Crippen molar-refractivity contribution in [3.8, 4) is 0 Å². The molecule has 0 fully saturated rings. The van der Waals surface area contributed by atoms with Crippen LogP contribution in [0.5, 0.6) is 0 Å². The molecule has 0 aliphatic heterocycles. The molecule has 0 unspecified atom stereocenters. The molecule has 0 rings (SSSR count). The van der Waals surface area contributed by atoms with Gasteiger partial charge >= 0.3 is 49.1 Å². The summed E-state index contributed by atoms with van der Waals surface area (Å²) in [5, 5.41) is 0. The molecule has 0 saturated carbocycles. The molecule has 0 heterocycles. The number of hydrogen-bond donors (Lipinski definition) is 0. The average Bonchev–Trinajstić information content (AvgIpc) is 2.52. The molecular formula is C27H63CoI2P3. The van der Waals surface area contributed by atoms with E-state index in [0.29, 0.717) is 0 Å². The van der Waals surface area contributed by atoms with Crippen LogP contribution in [-0.4, -0.2) is 50.9 Å². The monoisotopic (exact) mass is 793 g/mol. The Labute approximate surface area is 246 Å². The van der Waals surface area contributed by atoms with Crippen LogP contribution < -0.4 is 0 Å². The first-order valence-corrected chi connectivity index (χ1v) is 24.3. The van der Waals surface area contributed by atoms with Gasteiger partial charge in [0, 0.05) is 0 Å². The van der Waals surface area contributed by atoms with Crippen LogP contribution in [0.15, 0.2) is 0 Å². The molecule has 33 heavy (non-hydrogen) atoms. The van der Waals surface area contributed by atoms with Crippen LogP contribution in [0.1, 0.15) is 125 Å². The fourth-order valence-corrected chi connectivity index (χ4v) is 16.1. The normalized spacial score (nSPS) is 12.1. The van der Waals surface area contributed by atoms with E-state index in [1.54, 1.807) is 0 Å². The van der Waals surface area contributed by atoms with Gasteiger partial charge in [-0.3, -0.25) is 0 Å². The second-order valence-electron chi connectivity index (χ2n) is 11.2. The van der Waals surface area contributed by atoms with Crippen molar-refractivity contribution in [1.29, 1.82) is 0 Å². The summed E-state index contributed by atoms with van der Waals surface area (Å²) >= 11 is 4.49. The predicted octanol–water partition coefficient (Wildman–Crippen LogP) is 12.8. The second-order valence-corrected chi connectivity index (χ2v) is 32.0. The molecule has 0 aromatic heterocycles. The Balaban J connectivity index is -0.000000180. The fourth-order valence-electron chi connectivity index (χ4n) is 5.37. The van der Waals surface area contributed by atoms with Gasteiger partial charge in [-0.1, -0.05) is 148 Å². The van der Waals surface area contributed by atoms with Crippen molar-refractivity contribution in [2.75, 3.05) is 0 Å². The molecule has 0 saturated heterocycles. The Kier molecular flexibility index (Phi) is 33.5. The van der Waals surface area contributed by atoms with Gasteiger partial charge in [0.1, 0.15) is 0 Å². The van der Waals surface area contributed by atoms with E-state index < -0.39 is 0 Å². The maximum atomic E-state index is 2.35. The van der Waals surface area contributed by atoms with Crippen LogP contribution >= 0.6 is 64.6 Å². The summed E-state index contributed by atoms with van der Waals surface area (Å²) < 4.78 is 0. The number of halogens is 2. The van der Waals surface area contributed by atoms with Crippen molar-refractivity contribution in [3.63, 3.8) is 0 Å². The van der Waals surface area contributed by atoms with Crippen LogP contribution in [0.2, 0.25) is 0 Å². The fraction of sp³-hybridized carbons (Fsp3) is 1.00. The molecule has 0 nitrogen and oxygen atoms in total. The predicted molar refractivity (Wildman–Crippen MR) is 185 cm³/mol. The third-order valence-electron chi connectivity index (χ3n) is 5.37. The molecule has 0 spiro atoms. The summed E-state index contributed by atoms with van der Waals surface area (Å²) in [4.78, 5) is 0. The van der Waals surface area contributed by atoms with E-state index in [2.05, 4.69) is 165 Å². The topological polar surface area (TPSA) is 0 Å². The Morgan fingerprint density at radius 1 is 0.303 bits per heavy atom. The Bertz CT molecular complexity index is 285. The molecule has 0 aliphatic rings. The summed E-state index contributed by atoms with van der Waals surface area (Å²) in [5.41, 5.74) is 8.08. The van der Waals surface area contributed by atoms with Gasteiger partial charge in [-0.15, -0.1) is 0 Å². The van der Waals surface area contributed by atoms with Crippen molar-refractivity contribution in [1.82, 2.24) is 0 Å². The molecule has 6 heteroatoms. The van der Waals surface area contributed by atoms with Crippen LogP contribution in [0, 0.1) is 0 Å². The van der Waals surface area contributed by atoms with Crippen molar-refractivity contribution >= 4 is 64.6 Å². The zero-order chi connectivity index (χ0) is 27.6. The molecular weight excluding hydrogens is 730 g/mol. The van der Waals surface area contributed by atoms with Crippen LogP contribution in [0.4, 0.5) is 0 Å². The first-order chi connectivity index (χ1) is 14.8. The first kappa shape index (κ1) is 43.3. The van der Waals surface area contributed by atoms with Crippen LogP contribution in [0.3, 0.4) is 0 Å². The molecule has 0 N–H and O–H groups in total. The van der Waals surface area contributed by atoms with Crippen molar-refractivity contribution in [2.45, 2.75) is 176 Å². The summed E-state index contributed by atoms with van der Waals surface area (Å²) in [6.07, 6.45) is 0. The van der Waals surface area contributed by atoms with Gasteiger partial charge in [0.25, 0.3) is 0 Å². The van der Waals surface area contributed by atoms with E-state index in [0.717, 1.165) is 50.9 Å². The molecule has 0 atom stereocenters. The zero-order valence-electron chi connectivity index (χ0n) is 25.6. The number of hydrogen-bond acceptors (Lipinski definition) is 0. The summed E-state index contributed by atoms with van der Waals surface area (Å²) in [6.45, 7) is 42.4. The minimum atomic E-state index is 0.262. The van der Waals surface area contributed by atoms with E-state index in [1.807, 2.05) is 0 Å². The zero-order valence-corrected chi connectivity index (χ0v) is 33.7. The quantitative estimate of drug-likeness (QED) is 0.161. The van der Waals surface area contributed by atoms with Gasteiger partial charge in [-0.2, -0.15) is 0 Å². The second kappa shape index (κ2) is 25.5. The SMILES string of the molecule is CC(C)P(C(C)C)C(C)C.CC(C)P(C(C)C)C(C)C.CC(C)P(C(C)C)C(C)C.[I][Co][I]. The summed E-state index contributed by atoms with van der Waals surface area (Å²) in [7, 11) is 2.16. The van der Waals surface area contributed by atoms with Crippen LogP contribution in [-0.2, 0) is 8.26 Å². The van der Waals surface area contributed by atoms with E-state index in [-0.39, 0.29) is 23.8 Å². The van der Waals surface area contributed by atoms with Crippen LogP contribution in [0.25, 0.3) is 0 Å². The van der Waals surface area contributed by atoms with Gasteiger partial charge in [0.2, 0.25) is 0 Å². The van der Waals surface area contributed by atoms with Gasteiger partial charge in [0.05, 0.1) is 0 Å². The Morgan fingerprint density at radius 2 is 0.364 bits per heavy atom. The third-order valence-corrected chi connectivity index (χ3v) is 16.1. The van der Waals surface area contributed by atoms with Crippen molar-refractivity contribution in [3.05, 3.63) is 0 Å². The van der Waals surface area contributed by atoms with E-state index in [1.165, 1.54) is 8.26 Å². The molecule has 0 bridgehead atoms. The molecule has 0 aliphatic carbocycles. The Hall–Kier alpha value is 3.26. The summed E-state index contributed by atoms with van der Waals surface area (Å²) in [6, 6.07) is 0. The number of rotatable bonds is 9. The molecule has 0 radical (unpaired) electrons. The van der Waals surface area contributed by atoms with E-state index in [4.69, 9.17) is 0 Å². The van der Waals surface area contributed by atoms with Crippen molar-refractivity contribution in [2.24, 2.45) is 0 Å². The third kappa shape index (κ3) is 25.3. The van der Waals surface area contributed by atoms with Crippen molar-refractivity contribution < 1.29 is 8.26 Å². The van der Waals surface area contributed by atoms with Gasteiger partial charge in [-0.25, -0.2) is 0 Å². The van der Waals surface area contributed by atoms with E-state index in [9.17, 15) is 0 Å². The average molecular weight is 793 g/mol. The molecule has 209 valence electrons. The summed E-state index contributed by atoms with van der Waals surface area (Å²) in [5.74, 6) is 0. The first-order valence-electron chi connectivity index (χ1n) is 13.0. The van der Waals surface area contributed by atoms with E-state index >= 15 is 0 Å². The standard InChI is InChI=1S/3C9H21P.Co.2HI/c3*1-7(2)10(8(3)4)9(5)6;;;/h3*7-9H,1-6H3;;2*1H/q;;;+2;;/p-2. The molecule has 0 aromatic carbocycles. The van der Waals surface area contributed by atoms with Gasteiger partial charge in [0.15, 0.2) is 0 Å². The molecule has 0 amide bonds. The maximum absolute atomic E-state index is 2.35. The minimum absolute atomic E-state index is 0.262. The molecule has 0 aromatic rings.